The lowest BCUT2D eigenvalue weighted by Crippen LogP contribution is -2.63. The lowest BCUT2D eigenvalue weighted by atomic mass is 9.91. The number of hydrogen-bond acceptors (Lipinski definition) is 3. The maximum atomic E-state index is 5.22. The smallest absolute Gasteiger partial charge is 0.0589 e. The highest BCUT2D eigenvalue weighted by molar-refractivity contribution is 5.00. The Labute approximate surface area is 93.2 Å². The molecule has 2 aliphatic rings. The minimum atomic E-state index is 0.463. The van der Waals surface area contributed by atoms with Gasteiger partial charge in [-0.2, -0.15) is 0 Å². The Kier molecular flexibility index (Phi) is 3.65. The summed E-state index contributed by atoms with van der Waals surface area (Å²) in [7, 11) is 1.80. The first kappa shape index (κ1) is 11.4. The predicted octanol–water partition coefficient (Wildman–Crippen LogP) is 1.24. The van der Waals surface area contributed by atoms with Crippen LogP contribution in [0, 0.1) is 0 Å². The van der Waals surface area contributed by atoms with Gasteiger partial charge in [0.2, 0.25) is 0 Å². The average molecular weight is 212 g/mol. The predicted molar refractivity (Wildman–Crippen MR) is 62.1 cm³/mol. The highest BCUT2D eigenvalue weighted by Gasteiger charge is 2.42. The standard InChI is InChI=1S/C12H24N2O/c1-11-9-14(7-8-15-2)12(10-13-11)5-3-4-6-12/h11,13H,3-10H2,1-2H3. The van der Waals surface area contributed by atoms with Crippen molar-refractivity contribution in [2.75, 3.05) is 33.4 Å². The lowest BCUT2D eigenvalue weighted by Gasteiger charge is -2.47. The molecule has 1 saturated heterocycles. The molecule has 2 fully saturated rings. The summed E-state index contributed by atoms with van der Waals surface area (Å²) < 4.78 is 5.22. The van der Waals surface area contributed by atoms with E-state index in [1.165, 1.54) is 38.8 Å². The van der Waals surface area contributed by atoms with Crippen LogP contribution in [-0.4, -0.2) is 49.8 Å². The molecule has 1 atom stereocenters. The number of ether oxygens (including phenoxy) is 1. The van der Waals surface area contributed by atoms with Crippen LogP contribution in [0.5, 0.6) is 0 Å². The fraction of sp³-hybridized carbons (Fsp3) is 1.00. The van der Waals surface area contributed by atoms with Crippen LogP contribution in [0.15, 0.2) is 0 Å². The second kappa shape index (κ2) is 4.81. The Morgan fingerprint density at radius 3 is 2.80 bits per heavy atom. The van der Waals surface area contributed by atoms with Gasteiger partial charge in [0.05, 0.1) is 6.61 Å². The van der Waals surface area contributed by atoms with E-state index >= 15 is 0 Å². The van der Waals surface area contributed by atoms with E-state index < -0.39 is 0 Å². The largest absolute Gasteiger partial charge is 0.383 e. The van der Waals surface area contributed by atoms with Crippen LogP contribution in [0.3, 0.4) is 0 Å². The number of methoxy groups -OCH3 is 1. The number of piperazine rings is 1. The van der Waals surface area contributed by atoms with Gasteiger partial charge in [-0.05, 0) is 19.8 Å². The van der Waals surface area contributed by atoms with E-state index in [1.807, 2.05) is 0 Å². The van der Waals surface area contributed by atoms with Crippen LogP contribution in [0.4, 0.5) is 0 Å². The molecule has 0 aromatic carbocycles. The topological polar surface area (TPSA) is 24.5 Å². The van der Waals surface area contributed by atoms with Gasteiger partial charge >= 0.3 is 0 Å². The van der Waals surface area contributed by atoms with Crippen molar-refractivity contribution in [3.8, 4) is 0 Å². The van der Waals surface area contributed by atoms with Gasteiger partial charge < -0.3 is 10.1 Å². The zero-order chi connectivity index (χ0) is 10.7. The minimum Gasteiger partial charge on any atom is -0.383 e. The Morgan fingerprint density at radius 2 is 2.13 bits per heavy atom. The Hall–Kier alpha value is -0.120. The lowest BCUT2D eigenvalue weighted by molar-refractivity contribution is 0.0245. The monoisotopic (exact) mass is 212 g/mol. The zero-order valence-corrected chi connectivity index (χ0v) is 10.1. The first-order valence-corrected chi connectivity index (χ1v) is 6.24. The van der Waals surface area contributed by atoms with Gasteiger partial charge in [-0.15, -0.1) is 0 Å². The van der Waals surface area contributed by atoms with Crippen molar-refractivity contribution in [3.63, 3.8) is 0 Å². The van der Waals surface area contributed by atoms with E-state index in [1.54, 1.807) is 7.11 Å². The van der Waals surface area contributed by atoms with Crippen LogP contribution in [0.25, 0.3) is 0 Å². The first-order chi connectivity index (χ1) is 7.27. The van der Waals surface area contributed by atoms with Crippen molar-refractivity contribution in [3.05, 3.63) is 0 Å². The van der Waals surface area contributed by atoms with Crippen molar-refractivity contribution < 1.29 is 4.74 Å². The van der Waals surface area contributed by atoms with Crippen LogP contribution in [0.2, 0.25) is 0 Å². The molecule has 3 heteroatoms. The molecule has 0 bridgehead atoms. The van der Waals surface area contributed by atoms with Gasteiger partial charge in [0.25, 0.3) is 0 Å². The van der Waals surface area contributed by atoms with Crippen molar-refractivity contribution in [2.24, 2.45) is 0 Å². The van der Waals surface area contributed by atoms with E-state index in [9.17, 15) is 0 Å². The van der Waals surface area contributed by atoms with Crippen LogP contribution in [-0.2, 0) is 4.74 Å². The van der Waals surface area contributed by atoms with Crippen molar-refractivity contribution in [2.45, 2.75) is 44.2 Å². The minimum absolute atomic E-state index is 0.463. The molecule has 1 spiro atoms. The molecule has 1 saturated carbocycles. The van der Waals surface area contributed by atoms with Crippen LogP contribution < -0.4 is 5.32 Å². The summed E-state index contributed by atoms with van der Waals surface area (Å²) in [5.41, 5.74) is 0.463. The van der Waals surface area contributed by atoms with Gasteiger partial charge in [-0.25, -0.2) is 0 Å². The van der Waals surface area contributed by atoms with Crippen molar-refractivity contribution in [1.29, 1.82) is 0 Å². The maximum Gasteiger partial charge on any atom is 0.0589 e. The van der Waals surface area contributed by atoms with Crippen LogP contribution >= 0.6 is 0 Å². The van der Waals surface area contributed by atoms with Crippen molar-refractivity contribution in [1.82, 2.24) is 10.2 Å². The normalized spacial score (nSPS) is 31.2. The Bertz CT molecular complexity index is 202. The van der Waals surface area contributed by atoms with E-state index in [4.69, 9.17) is 4.74 Å². The molecule has 2 rings (SSSR count). The molecule has 1 unspecified atom stereocenters. The van der Waals surface area contributed by atoms with Crippen LogP contribution in [0.1, 0.15) is 32.6 Å². The molecule has 0 amide bonds. The summed E-state index contributed by atoms with van der Waals surface area (Å²) in [5.74, 6) is 0. The first-order valence-electron chi connectivity index (χ1n) is 6.24. The van der Waals surface area contributed by atoms with Gasteiger partial charge in [0.1, 0.15) is 0 Å². The Balaban J connectivity index is 1.99. The van der Waals surface area contributed by atoms with E-state index in [0.29, 0.717) is 11.6 Å². The van der Waals surface area contributed by atoms with Gasteiger partial charge in [-0.1, -0.05) is 12.8 Å². The molecule has 0 aromatic rings. The summed E-state index contributed by atoms with van der Waals surface area (Å²) >= 11 is 0. The van der Waals surface area contributed by atoms with Gasteiger partial charge in [0.15, 0.2) is 0 Å². The second-order valence-electron chi connectivity index (χ2n) is 5.15. The SMILES string of the molecule is COCCN1CC(C)NCC12CCCC2. The summed E-state index contributed by atoms with van der Waals surface area (Å²) in [4.78, 5) is 2.67. The molecule has 0 radical (unpaired) electrons. The molecule has 15 heavy (non-hydrogen) atoms. The molecule has 1 aliphatic carbocycles. The number of nitrogens with zero attached hydrogens (tertiary/aromatic N) is 1. The number of rotatable bonds is 3. The number of nitrogens with one attached hydrogen (secondary N) is 1. The molecule has 88 valence electrons. The fourth-order valence-electron chi connectivity index (χ4n) is 3.12. The highest BCUT2D eigenvalue weighted by Crippen LogP contribution is 2.36. The third-order valence-corrected chi connectivity index (χ3v) is 4.04. The zero-order valence-electron chi connectivity index (χ0n) is 10.1. The summed E-state index contributed by atoms with van der Waals surface area (Å²) in [5, 5.41) is 3.64. The molecule has 0 aromatic heterocycles. The molecular weight excluding hydrogens is 188 g/mol. The molecular formula is C12H24N2O. The van der Waals surface area contributed by atoms with Gasteiger partial charge in [0, 0.05) is 38.3 Å². The highest BCUT2D eigenvalue weighted by atomic mass is 16.5. The summed E-state index contributed by atoms with van der Waals surface area (Å²) in [6.07, 6.45) is 5.55. The molecule has 1 N–H and O–H groups in total. The molecule has 3 nitrogen and oxygen atoms in total. The van der Waals surface area contributed by atoms with E-state index in [-0.39, 0.29) is 0 Å². The summed E-state index contributed by atoms with van der Waals surface area (Å²) in [6.45, 7) is 6.61. The summed E-state index contributed by atoms with van der Waals surface area (Å²) in [6, 6.07) is 0.632. The average Bonchev–Trinajstić information content (AvgIpc) is 2.70. The maximum absolute atomic E-state index is 5.22. The third-order valence-electron chi connectivity index (χ3n) is 4.04. The van der Waals surface area contributed by atoms with Gasteiger partial charge in [-0.3, -0.25) is 4.90 Å². The van der Waals surface area contributed by atoms with E-state index in [2.05, 4.69) is 17.1 Å². The van der Waals surface area contributed by atoms with Crippen molar-refractivity contribution >= 4 is 0 Å². The second-order valence-corrected chi connectivity index (χ2v) is 5.15. The molecule has 1 heterocycles. The quantitative estimate of drug-likeness (QED) is 0.762. The third kappa shape index (κ3) is 2.35. The van der Waals surface area contributed by atoms with E-state index in [0.717, 1.165) is 13.2 Å². The fourth-order valence-corrected chi connectivity index (χ4v) is 3.12. The molecule has 1 aliphatic heterocycles. The number of hydrogen-bond donors (Lipinski definition) is 1. The Morgan fingerprint density at radius 1 is 1.40 bits per heavy atom.